The number of benzene rings is 2. The number of rotatable bonds is 12. The van der Waals surface area contributed by atoms with Gasteiger partial charge in [0.15, 0.2) is 11.6 Å². The third kappa shape index (κ3) is 7.76. The summed E-state index contributed by atoms with van der Waals surface area (Å²) in [6.07, 6.45) is 16.9. The molecule has 1 aliphatic rings. The van der Waals surface area contributed by atoms with Crippen LogP contribution in [0.2, 0.25) is 0 Å². The highest BCUT2D eigenvalue weighted by atomic mass is 19.2. The molecule has 0 N–H and O–H groups in total. The average Bonchev–Trinajstić information content (AvgIpc) is 2.83. The minimum Gasteiger partial charge on any atom is -0.247 e. The Balaban J connectivity index is 1.51. The van der Waals surface area contributed by atoms with Crippen molar-refractivity contribution < 1.29 is 13.2 Å². The van der Waals surface area contributed by atoms with Crippen molar-refractivity contribution in [1.82, 2.24) is 0 Å². The molecule has 3 rings (SSSR count). The van der Waals surface area contributed by atoms with Gasteiger partial charge < -0.3 is 0 Å². The summed E-state index contributed by atoms with van der Waals surface area (Å²) in [5.41, 5.74) is 2.41. The van der Waals surface area contributed by atoms with Crippen molar-refractivity contribution >= 4 is 6.08 Å². The van der Waals surface area contributed by atoms with E-state index >= 15 is 0 Å². The lowest BCUT2D eigenvalue weighted by molar-refractivity contribution is 0.235. The van der Waals surface area contributed by atoms with Gasteiger partial charge in [-0.25, -0.2) is 13.2 Å². The van der Waals surface area contributed by atoms with Crippen LogP contribution in [0.3, 0.4) is 0 Å². The Kier molecular flexibility index (Phi) is 10.6. The molecule has 0 bridgehead atoms. The Bertz CT molecular complexity index is 861. The first-order chi connectivity index (χ1) is 16.1. The van der Waals surface area contributed by atoms with Crippen molar-refractivity contribution in [3.63, 3.8) is 0 Å². The second kappa shape index (κ2) is 13.6. The van der Waals surface area contributed by atoms with Gasteiger partial charge in [0.05, 0.1) is 0 Å². The lowest BCUT2D eigenvalue weighted by Gasteiger charge is -2.24. The van der Waals surface area contributed by atoms with E-state index in [-0.39, 0.29) is 5.56 Å². The molecular weight excluding hydrogens is 417 g/mol. The van der Waals surface area contributed by atoms with Crippen LogP contribution in [0, 0.1) is 11.6 Å². The number of hydrogen-bond donors (Lipinski definition) is 0. The van der Waals surface area contributed by atoms with Crippen molar-refractivity contribution in [1.29, 1.82) is 0 Å². The van der Waals surface area contributed by atoms with Gasteiger partial charge in [-0.3, -0.25) is 0 Å². The fraction of sp³-hybridized carbons (Fsp3) is 0.533. The Morgan fingerprint density at radius 1 is 0.758 bits per heavy atom. The fourth-order valence-electron chi connectivity index (χ4n) is 4.84. The summed E-state index contributed by atoms with van der Waals surface area (Å²) < 4.78 is 42.9. The smallest absolute Gasteiger partial charge is 0.167 e. The minimum absolute atomic E-state index is 0.284. The molecule has 33 heavy (non-hydrogen) atoms. The molecule has 1 saturated carbocycles. The summed E-state index contributed by atoms with van der Waals surface area (Å²) in [6, 6.07) is 11.0. The van der Waals surface area contributed by atoms with Gasteiger partial charge in [0.2, 0.25) is 0 Å². The van der Waals surface area contributed by atoms with Crippen LogP contribution >= 0.6 is 0 Å². The molecule has 0 aliphatic heterocycles. The van der Waals surface area contributed by atoms with E-state index in [1.807, 2.05) is 30.3 Å². The predicted molar refractivity (Wildman–Crippen MR) is 134 cm³/mol. The average molecular weight is 457 g/mol. The van der Waals surface area contributed by atoms with Crippen LogP contribution in [-0.2, 0) is 0 Å². The van der Waals surface area contributed by atoms with Gasteiger partial charge in [0.25, 0.3) is 0 Å². The van der Waals surface area contributed by atoms with E-state index in [4.69, 9.17) is 0 Å². The van der Waals surface area contributed by atoms with Gasteiger partial charge in [0, 0.05) is 11.1 Å². The monoisotopic (exact) mass is 456 g/mol. The van der Waals surface area contributed by atoms with Gasteiger partial charge in [-0.2, -0.15) is 0 Å². The van der Waals surface area contributed by atoms with Crippen LogP contribution in [0.1, 0.15) is 107 Å². The third-order valence-electron chi connectivity index (χ3n) is 6.98. The second-order valence-corrected chi connectivity index (χ2v) is 9.57. The van der Waals surface area contributed by atoms with Crippen molar-refractivity contribution in [3.8, 4) is 11.1 Å². The maximum absolute atomic E-state index is 14.8. The zero-order valence-corrected chi connectivity index (χ0v) is 20.1. The highest BCUT2D eigenvalue weighted by molar-refractivity contribution is 5.67. The molecule has 1 aliphatic carbocycles. The largest absolute Gasteiger partial charge is 0.247 e. The third-order valence-corrected chi connectivity index (χ3v) is 6.98. The molecule has 0 aromatic heterocycles. The van der Waals surface area contributed by atoms with E-state index in [1.165, 1.54) is 44.9 Å². The molecule has 0 nitrogen and oxygen atoms in total. The molecule has 0 amide bonds. The number of unbranched alkanes of at least 4 members (excludes halogenated alkanes) is 8. The molecule has 2 aromatic carbocycles. The molecule has 0 heterocycles. The van der Waals surface area contributed by atoms with Crippen LogP contribution in [0.5, 0.6) is 0 Å². The molecular formula is C30H39F3. The summed E-state index contributed by atoms with van der Waals surface area (Å²) in [7, 11) is 0. The molecule has 2 aromatic rings. The quantitative estimate of drug-likeness (QED) is 0.279. The highest BCUT2D eigenvalue weighted by Gasteiger charge is 2.22. The normalized spacial score (nSPS) is 18.8. The maximum Gasteiger partial charge on any atom is 0.167 e. The highest BCUT2D eigenvalue weighted by Crippen LogP contribution is 2.35. The van der Waals surface area contributed by atoms with Crippen LogP contribution in [0.4, 0.5) is 13.2 Å². The van der Waals surface area contributed by atoms with Crippen LogP contribution in [-0.4, -0.2) is 6.17 Å². The number of hydrogen-bond acceptors (Lipinski definition) is 0. The summed E-state index contributed by atoms with van der Waals surface area (Å²) in [6.45, 7) is 2.23. The zero-order valence-electron chi connectivity index (χ0n) is 20.1. The first-order valence-electron chi connectivity index (χ1n) is 13.0. The molecule has 0 saturated heterocycles. The van der Waals surface area contributed by atoms with Crippen LogP contribution < -0.4 is 0 Å². The molecule has 0 spiro atoms. The van der Waals surface area contributed by atoms with Gasteiger partial charge in [-0.15, -0.1) is 0 Å². The van der Waals surface area contributed by atoms with Crippen LogP contribution in [0.25, 0.3) is 17.2 Å². The first-order valence-corrected chi connectivity index (χ1v) is 13.0. The van der Waals surface area contributed by atoms with Crippen molar-refractivity contribution in [2.75, 3.05) is 0 Å². The lowest BCUT2D eigenvalue weighted by Crippen LogP contribution is -2.13. The Morgan fingerprint density at radius 3 is 2.06 bits per heavy atom. The molecule has 1 fully saturated rings. The van der Waals surface area contributed by atoms with Crippen LogP contribution in [0.15, 0.2) is 42.5 Å². The van der Waals surface area contributed by atoms with Crippen molar-refractivity contribution in [2.24, 2.45) is 0 Å². The van der Waals surface area contributed by atoms with E-state index in [9.17, 15) is 13.2 Å². The van der Waals surface area contributed by atoms with Gasteiger partial charge in [-0.1, -0.05) is 100 Å². The summed E-state index contributed by atoms with van der Waals surface area (Å²) >= 11 is 0. The van der Waals surface area contributed by atoms with Crippen molar-refractivity contribution in [2.45, 2.75) is 102 Å². The predicted octanol–water partition coefficient (Wildman–Crippen LogP) is 10.2. The Labute approximate surface area is 198 Å². The molecule has 0 unspecified atom stereocenters. The number of allylic oxidation sites excluding steroid dienone is 1. The SMILES string of the molecule is CCCCCCCCCCC=Cc1ccc(-c2ccc([C@H]3CC[C@H](F)CC3)cc2)c(F)c1F. The fourth-order valence-corrected chi connectivity index (χ4v) is 4.84. The Morgan fingerprint density at radius 2 is 1.39 bits per heavy atom. The molecule has 180 valence electrons. The summed E-state index contributed by atoms with van der Waals surface area (Å²) in [5.74, 6) is -1.22. The molecule has 3 heteroatoms. The van der Waals surface area contributed by atoms with Gasteiger partial charge in [0.1, 0.15) is 6.17 Å². The van der Waals surface area contributed by atoms with E-state index in [0.29, 0.717) is 29.9 Å². The van der Waals surface area contributed by atoms with E-state index in [0.717, 1.165) is 31.2 Å². The minimum atomic E-state index is -0.796. The standard InChI is InChI=1S/C30H39F3/c1-2-3-4-5-6-7-8-9-10-11-12-26-19-22-28(30(33)29(26)32)25-15-13-23(14-16-25)24-17-20-27(31)21-18-24/h11-16,19,22,24,27H,2-10,17-18,20-21H2,1H3/t24-,27-. The second-order valence-electron chi connectivity index (χ2n) is 9.57. The van der Waals surface area contributed by atoms with E-state index in [2.05, 4.69) is 6.92 Å². The lowest BCUT2D eigenvalue weighted by atomic mass is 9.83. The van der Waals surface area contributed by atoms with Gasteiger partial charge >= 0.3 is 0 Å². The topological polar surface area (TPSA) is 0 Å². The van der Waals surface area contributed by atoms with Crippen molar-refractivity contribution in [3.05, 3.63) is 65.2 Å². The van der Waals surface area contributed by atoms with E-state index < -0.39 is 17.8 Å². The Hall–Kier alpha value is -2.03. The molecule has 0 atom stereocenters. The number of halogens is 3. The van der Waals surface area contributed by atoms with E-state index in [1.54, 1.807) is 18.2 Å². The molecule has 0 radical (unpaired) electrons. The number of alkyl halides is 1. The van der Waals surface area contributed by atoms with Gasteiger partial charge in [-0.05, 0) is 55.6 Å². The maximum atomic E-state index is 14.8. The zero-order chi connectivity index (χ0) is 23.5. The summed E-state index contributed by atoms with van der Waals surface area (Å²) in [5, 5.41) is 0. The first kappa shape index (κ1) is 25.6. The summed E-state index contributed by atoms with van der Waals surface area (Å²) in [4.78, 5) is 0.